The molecule has 19 heavy (non-hydrogen) atoms. The van der Waals surface area contributed by atoms with Crippen molar-refractivity contribution in [3.05, 3.63) is 41.5 Å². The maximum absolute atomic E-state index is 12.0. The molecule has 1 aromatic rings. The SMILES string of the molecule is CCC1(CN)C=C(Cc2ccc(OC)cc2)C(=O)N1. The summed E-state index contributed by atoms with van der Waals surface area (Å²) < 4.78 is 5.12. The van der Waals surface area contributed by atoms with Gasteiger partial charge in [0.05, 0.1) is 12.6 Å². The van der Waals surface area contributed by atoms with E-state index in [9.17, 15) is 4.79 Å². The fraction of sp³-hybridized carbons (Fsp3) is 0.400. The number of benzene rings is 1. The van der Waals surface area contributed by atoms with Gasteiger partial charge in [0.1, 0.15) is 5.75 Å². The van der Waals surface area contributed by atoms with E-state index in [1.807, 2.05) is 37.3 Å². The molecule has 1 aliphatic heterocycles. The van der Waals surface area contributed by atoms with Crippen LogP contribution in [0.2, 0.25) is 0 Å². The largest absolute Gasteiger partial charge is 0.497 e. The number of carbonyl (C=O) groups excluding carboxylic acids is 1. The van der Waals surface area contributed by atoms with Gasteiger partial charge in [0.2, 0.25) is 5.91 Å². The number of nitrogens with two attached hydrogens (primary N) is 1. The minimum atomic E-state index is -0.362. The standard InChI is InChI=1S/C15H20N2O2/c1-3-15(10-16)9-12(14(18)17-15)8-11-4-6-13(19-2)7-5-11/h4-7,9H,3,8,10,16H2,1-2H3,(H,17,18). The first-order chi connectivity index (χ1) is 9.12. The normalized spacial score (nSPS) is 22.1. The topological polar surface area (TPSA) is 64.3 Å². The van der Waals surface area contributed by atoms with Gasteiger partial charge in [-0.25, -0.2) is 0 Å². The number of carbonyl (C=O) groups is 1. The van der Waals surface area contributed by atoms with Gasteiger partial charge in [-0.15, -0.1) is 0 Å². The lowest BCUT2D eigenvalue weighted by atomic mass is 9.96. The molecule has 1 aromatic carbocycles. The third-order valence-corrected chi connectivity index (χ3v) is 3.65. The molecule has 0 radical (unpaired) electrons. The van der Waals surface area contributed by atoms with Crippen molar-refractivity contribution in [2.75, 3.05) is 13.7 Å². The number of nitrogens with one attached hydrogen (secondary N) is 1. The van der Waals surface area contributed by atoms with E-state index in [1.165, 1.54) is 0 Å². The summed E-state index contributed by atoms with van der Waals surface area (Å²) in [7, 11) is 1.64. The highest BCUT2D eigenvalue weighted by atomic mass is 16.5. The molecule has 0 spiro atoms. The molecule has 0 saturated carbocycles. The molecule has 4 nitrogen and oxygen atoms in total. The molecule has 4 heteroatoms. The summed E-state index contributed by atoms with van der Waals surface area (Å²) in [6.45, 7) is 2.46. The van der Waals surface area contributed by atoms with Gasteiger partial charge in [0.15, 0.2) is 0 Å². The lowest BCUT2D eigenvalue weighted by molar-refractivity contribution is -0.117. The number of methoxy groups -OCH3 is 1. The third kappa shape index (κ3) is 2.79. The van der Waals surface area contributed by atoms with Crippen molar-refractivity contribution in [2.24, 2.45) is 5.73 Å². The van der Waals surface area contributed by atoms with Gasteiger partial charge in [-0.3, -0.25) is 4.79 Å². The summed E-state index contributed by atoms with van der Waals surface area (Å²) in [4.78, 5) is 12.0. The second-order valence-corrected chi connectivity index (χ2v) is 4.86. The zero-order valence-corrected chi connectivity index (χ0v) is 11.4. The molecule has 1 atom stereocenters. The highest BCUT2D eigenvalue weighted by Gasteiger charge is 2.34. The van der Waals surface area contributed by atoms with Crippen LogP contribution in [0, 0.1) is 0 Å². The molecule has 1 amide bonds. The lowest BCUT2D eigenvalue weighted by Gasteiger charge is -2.23. The molecule has 0 saturated heterocycles. The Hall–Kier alpha value is -1.81. The van der Waals surface area contributed by atoms with E-state index in [0.29, 0.717) is 13.0 Å². The van der Waals surface area contributed by atoms with Crippen LogP contribution in [0.1, 0.15) is 18.9 Å². The van der Waals surface area contributed by atoms with Crippen molar-refractivity contribution >= 4 is 5.91 Å². The Kier molecular flexibility index (Phi) is 3.90. The molecule has 3 N–H and O–H groups in total. The van der Waals surface area contributed by atoms with E-state index in [2.05, 4.69) is 5.32 Å². The van der Waals surface area contributed by atoms with E-state index >= 15 is 0 Å². The van der Waals surface area contributed by atoms with Gasteiger partial charge in [0.25, 0.3) is 0 Å². The Morgan fingerprint density at radius 1 is 1.32 bits per heavy atom. The minimum Gasteiger partial charge on any atom is -0.497 e. The number of hydrogen-bond donors (Lipinski definition) is 2. The van der Waals surface area contributed by atoms with Crippen molar-refractivity contribution in [1.29, 1.82) is 0 Å². The van der Waals surface area contributed by atoms with E-state index in [0.717, 1.165) is 23.3 Å². The van der Waals surface area contributed by atoms with Crippen LogP contribution < -0.4 is 15.8 Å². The highest BCUT2D eigenvalue weighted by molar-refractivity contribution is 5.97. The zero-order chi connectivity index (χ0) is 13.9. The molecule has 0 bridgehead atoms. The Labute approximate surface area is 113 Å². The summed E-state index contributed by atoms with van der Waals surface area (Å²) in [6.07, 6.45) is 3.42. The Morgan fingerprint density at radius 3 is 2.47 bits per heavy atom. The van der Waals surface area contributed by atoms with E-state index < -0.39 is 0 Å². The van der Waals surface area contributed by atoms with E-state index in [-0.39, 0.29) is 11.4 Å². The van der Waals surface area contributed by atoms with Crippen LogP contribution in [0.3, 0.4) is 0 Å². The van der Waals surface area contributed by atoms with Crippen molar-refractivity contribution in [2.45, 2.75) is 25.3 Å². The molecule has 102 valence electrons. The van der Waals surface area contributed by atoms with Crippen LogP contribution in [0.25, 0.3) is 0 Å². The second-order valence-electron chi connectivity index (χ2n) is 4.86. The number of amides is 1. The molecule has 2 rings (SSSR count). The molecular formula is C15H20N2O2. The number of hydrogen-bond acceptors (Lipinski definition) is 3. The predicted molar refractivity (Wildman–Crippen MR) is 75.0 cm³/mol. The van der Waals surface area contributed by atoms with Crippen molar-refractivity contribution in [1.82, 2.24) is 5.32 Å². The summed E-state index contributed by atoms with van der Waals surface area (Å²) in [5, 5.41) is 2.98. The molecule has 0 aromatic heterocycles. The molecule has 1 heterocycles. The number of rotatable bonds is 5. The van der Waals surface area contributed by atoms with Gasteiger partial charge in [0, 0.05) is 18.5 Å². The van der Waals surface area contributed by atoms with Crippen LogP contribution in [-0.4, -0.2) is 25.1 Å². The maximum atomic E-state index is 12.0. The number of ether oxygens (including phenoxy) is 1. The zero-order valence-electron chi connectivity index (χ0n) is 11.4. The molecule has 1 unspecified atom stereocenters. The van der Waals surface area contributed by atoms with Gasteiger partial charge in [-0.05, 0) is 30.2 Å². The first-order valence-corrected chi connectivity index (χ1v) is 6.49. The summed E-state index contributed by atoms with van der Waals surface area (Å²) >= 11 is 0. The van der Waals surface area contributed by atoms with Crippen LogP contribution >= 0.6 is 0 Å². The molecule has 0 fully saturated rings. The predicted octanol–water partition coefficient (Wildman–Crippen LogP) is 1.40. The van der Waals surface area contributed by atoms with Gasteiger partial charge < -0.3 is 15.8 Å². The second kappa shape index (κ2) is 5.45. The van der Waals surface area contributed by atoms with Crippen LogP contribution in [0.5, 0.6) is 5.75 Å². The van der Waals surface area contributed by atoms with Crippen molar-refractivity contribution in [3.8, 4) is 5.75 Å². The Bertz CT molecular complexity index is 487. The van der Waals surface area contributed by atoms with E-state index in [1.54, 1.807) is 7.11 Å². The Balaban J connectivity index is 2.15. The van der Waals surface area contributed by atoms with Crippen LogP contribution in [-0.2, 0) is 11.2 Å². The van der Waals surface area contributed by atoms with Gasteiger partial charge in [-0.2, -0.15) is 0 Å². The highest BCUT2D eigenvalue weighted by Crippen LogP contribution is 2.24. The average Bonchev–Trinajstić information content (AvgIpc) is 2.77. The molecule has 0 aliphatic carbocycles. The first-order valence-electron chi connectivity index (χ1n) is 6.49. The molecular weight excluding hydrogens is 240 g/mol. The summed E-state index contributed by atoms with van der Waals surface area (Å²) in [6, 6.07) is 7.75. The van der Waals surface area contributed by atoms with Gasteiger partial charge >= 0.3 is 0 Å². The van der Waals surface area contributed by atoms with Crippen LogP contribution in [0.4, 0.5) is 0 Å². The maximum Gasteiger partial charge on any atom is 0.248 e. The van der Waals surface area contributed by atoms with Gasteiger partial charge in [-0.1, -0.05) is 19.1 Å². The fourth-order valence-corrected chi connectivity index (χ4v) is 2.28. The summed E-state index contributed by atoms with van der Waals surface area (Å²) in [5.41, 5.74) is 7.28. The molecule has 1 aliphatic rings. The first kappa shape index (κ1) is 13.6. The fourth-order valence-electron chi connectivity index (χ4n) is 2.28. The van der Waals surface area contributed by atoms with Crippen molar-refractivity contribution < 1.29 is 9.53 Å². The van der Waals surface area contributed by atoms with E-state index in [4.69, 9.17) is 10.5 Å². The lowest BCUT2D eigenvalue weighted by Crippen LogP contribution is -2.47. The Morgan fingerprint density at radius 2 is 2.00 bits per heavy atom. The van der Waals surface area contributed by atoms with Crippen molar-refractivity contribution in [3.63, 3.8) is 0 Å². The smallest absolute Gasteiger partial charge is 0.248 e. The summed E-state index contributed by atoms with van der Waals surface area (Å²) in [5.74, 6) is 0.807. The minimum absolute atomic E-state index is 0.0110. The monoisotopic (exact) mass is 260 g/mol. The quantitative estimate of drug-likeness (QED) is 0.841. The third-order valence-electron chi connectivity index (χ3n) is 3.65. The average molecular weight is 260 g/mol. The van der Waals surface area contributed by atoms with Crippen LogP contribution in [0.15, 0.2) is 35.9 Å².